The average Bonchev–Trinajstić information content (AvgIpc) is 3.00. The van der Waals surface area contributed by atoms with Gasteiger partial charge in [-0.3, -0.25) is 0 Å². The third-order valence-corrected chi connectivity index (χ3v) is 13.4. The first-order valence-electron chi connectivity index (χ1n) is 20.0. The molecule has 0 radical (unpaired) electrons. The summed E-state index contributed by atoms with van der Waals surface area (Å²) in [5.74, 6) is 0.367. The van der Waals surface area contributed by atoms with Crippen molar-refractivity contribution in [2.24, 2.45) is 34.5 Å². The highest BCUT2D eigenvalue weighted by molar-refractivity contribution is 6.49. The van der Waals surface area contributed by atoms with Crippen molar-refractivity contribution in [2.75, 3.05) is 0 Å². The van der Waals surface area contributed by atoms with Crippen molar-refractivity contribution in [2.45, 2.75) is 164 Å². The summed E-state index contributed by atoms with van der Waals surface area (Å²) in [6.07, 6.45) is 8.38. The van der Waals surface area contributed by atoms with Crippen LogP contribution in [0, 0.1) is 55.3 Å². The number of fused-ring (bicyclic) bond motifs is 1. The van der Waals surface area contributed by atoms with Gasteiger partial charge in [0, 0.05) is 17.8 Å². The fraction of sp³-hybridized carbons (Fsp3) is 0.721. The molecule has 3 aliphatic rings. The van der Waals surface area contributed by atoms with E-state index in [9.17, 15) is 9.59 Å². The summed E-state index contributed by atoms with van der Waals surface area (Å²) in [5.41, 5.74) is 3.62. The second kappa shape index (κ2) is 16.7. The molecule has 9 atom stereocenters. The number of allylic oxidation sites excluding steroid dienone is 2. The van der Waals surface area contributed by atoms with Gasteiger partial charge >= 0.3 is 11.9 Å². The maximum absolute atomic E-state index is 14.3. The van der Waals surface area contributed by atoms with Crippen LogP contribution in [0.3, 0.4) is 0 Å². The number of hydrogen-bond donors (Lipinski definition) is 0. The molecule has 1 fully saturated rings. The Labute approximate surface area is 319 Å². The lowest BCUT2D eigenvalue weighted by atomic mass is 9.59. The molecule has 4 rings (SSSR count). The summed E-state index contributed by atoms with van der Waals surface area (Å²) in [6, 6.07) is 4.19. The summed E-state index contributed by atoms with van der Waals surface area (Å²) in [5, 5.41) is 0. The van der Waals surface area contributed by atoms with E-state index in [1.165, 1.54) is 11.1 Å². The molecule has 7 nitrogen and oxygen atoms in total. The van der Waals surface area contributed by atoms with Crippen LogP contribution in [-0.2, 0) is 27.9 Å². The van der Waals surface area contributed by atoms with Crippen LogP contribution in [0.2, 0.25) is 26.2 Å². The first-order chi connectivity index (χ1) is 24.1. The summed E-state index contributed by atoms with van der Waals surface area (Å²) >= 11 is 0. The Bertz CT molecular complexity index is 1460. The monoisotopic (exact) mass is 754 g/mol. The van der Waals surface area contributed by atoms with E-state index in [2.05, 4.69) is 112 Å². The number of aryl methyl sites for hydroxylation is 3. The summed E-state index contributed by atoms with van der Waals surface area (Å²) in [6.45, 7) is 32.4. The molecular weight excluding hydrogens is 685 g/mol. The van der Waals surface area contributed by atoms with Gasteiger partial charge in [0.05, 0.1) is 5.60 Å². The van der Waals surface area contributed by atoms with Gasteiger partial charge in [0.1, 0.15) is 24.1 Å². The van der Waals surface area contributed by atoms with Gasteiger partial charge in [-0.25, -0.2) is 9.59 Å². The highest BCUT2D eigenvalue weighted by Crippen LogP contribution is 2.53. The van der Waals surface area contributed by atoms with Crippen molar-refractivity contribution in [1.82, 2.24) is 0 Å². The zero-order valence-corrected chi connectivity index (χ0v) is 37.4. The van der Waals surface area contributed by atoms with Crippen molar-refractivity contribution in [3.05, 3.63) is 52.6 Å². The minimum absolute atomic E-state index is 0.0254. The first kappa shape index (κ1) is 42.5. The average molecular weight is 755 g/mol. The first-order valence-corrected chi connectivity index (χ1v) is 25.5. The van der Waals surface area contributed by atoms with Crippen molar-refractivity contribution >= 4 is 30.0 Å². The van der Waals surface area contributed by atoms with Crippen LogP contribution in [0.5, 0.6) is 5.75 Å². The van der Waals surface area contributed by atoms with Gasteiger partial charge in [0.15, 0.2) is 24.2 Å². The molecule has 2 unspecified atom stereocenters. The number of esters is 2. The molecule has 0 aromatic heterocycles. The zero-order valence-electron chi connectivity index (χ0n) is 35.1. The lowest BCUT2D eigenvalue weighted by Gasteiger charge is -2.54. The topological polar surface area (TPSA) is 80.3 Å². The Morgan fingerprint density at radius 3 is 2.15 bits per heavy atom. The number of cyclic esters (lactones) is 1. The van der Waals surface area contributed by atoms with Crippen LogP contribution in [-0.4, -0.2) is 60.0 Å². The molecule has 1 aromatic rings. The molecule has 9 heteroatoms. The number of ether oxygens (including phenoxy) is 3. The number of benzene rings is 1. The Morgan fingerprint density at radius 2 is 1.62 bits per heavy atom. The van der Waals surface area contributed by atoms with E-state index in [1.807, 2.05) is 20.8 Å². The predicted molar refractivity (Wildman–Crippen MR) is 216 cm³/mol. The molecule has 1 aromatic carbocycles. The molecule has 0 saturated carbocycles. The van der Waals surface area contributed by atoms with E-state index in [-0.39, 0.29) is 52.5 Å². The van der Waals surface area contributed by atoms with Gasteiger partial charge in [-0.05, 0) is 113 Å². The van der Waals surface area contributed by atoms with Gasteiger partial charge in [0.25, 0.3) is 0 Å². The maximum atomic E-state index is 14.3. The van der Waals surface area contributed by atoms with E-state index >= 15 is 0 Å². The number of hydrogen-bond acceptors (Lipinski definition) is 7. The minimum Gasteiger partial charge on any atom is -0.478 e. The highest BCUT2D eigenvalue weighted by Gasteiger charge is 2.55. The van der Waals surface area contributed by atoms with E-state index in [0.29, 0.717) is 25.7 Å². The van der Waals surface area contributed by atoms with Crippen LogP contribution < -0.4 is 4.74 Å². The highest BCUT2D eigenvalue weighted by atomic mass is 28.3. The van der Waals surface area contributed by atoms with Crippen LogP contribution >= 0.6 is 0 Å². The molecule has 0 spiro atoms. The third-order valence-electron chi connectivity index (χ3n) is 11.6. The minimum atomic E-state index is -1.62. The lowest BCUT2D eigenvalue weighted by molar-refractivity contribution is -0.180. The Balaban J connectivity index is 1.70. The van der Waals surface area contributed by atoms with Crippen LogP contribution in [0.15, 0.2) is 35.9 Å². The van der Waals surface area contributed by atoms with Crippen molar-refractivity contribution < 1.29 is 32.7 Å². The van der Waals surface area contributed by atoms with Crippen molar-refractivity contribution in [1.29, 1.82) is 0 Å². The standard InChI is InChI=1S/C43H70O7Si2/c1-16-34(47-37-27(3)21-26(2)22-28(37)4)39(44)48-35-24-31(41(6,7)8)23-30-18-17-29(5)43(36(30)35,50-52(14)15)20-19-32-25-33(42(9,10)11)38(40(45)46-32)49-51(12)13/h17-18,21-23,29,31-36,38,51-52H,16,19-20,24-25H2,1-15H3/t29-,31+,32+,33-,34?,35-,36+,38?,43-/m0/s1. The van der Waals surface area contributed by atoms with Gasteiger partial charge in [-0.2, -0.15) is 0 Å². The molecule has 0 bridgehead atoms. The summed E-state index contributed by atoms with van der Waals surface area (Å²) in [4.78, 5) is 27.8. The lowest BCUT2D eigenvalue weighted by Crippen LogP contribution is -2.58. The van der Waals surface area contributed by atoms with E-state index in [4.69, 9.17) is 23.1 Å². The molecule has 0 N–H and O–H groups in total. The molecule has 52 heavy (non-hydrogen) atoms. The molecule has 2 aliphatic carbocycles. The van der Waals surface area contributed by atoms with Gasteiger partial charge in [0.2, 0.25) is 0 Å². The van der Waals surface area contributed by atoms with E-state index < -0.39 is 42.0 Å². The fourth-order valence-corrected chi connectivity index (χ4v) is 11.2. The van der Waals surface area contributed by atoms with Crippen LogP contribution in [0.4, 0.5) is 0 Å². The Kier molecular flexibility index (Phi) is 13.6. The molecular formula is C43H70O7Si2. The molecule has 1 heterocycles. The Hall–Kier alpha value is -2.21. The number of carbonyl (C=O) groups excluding carboxylic acids is 2. The Morgan fingerprint density at radius 1 is 0.981 bits per heavy atom. The quantitative estimate of drug-likeness (QED) is 0.155. The van der Waals surface area contributed by atoms with Gasteiger partial charge < -0.3 is 23.1 Å². The second-order valence-electron chi connectivity index (χ2n) is 18.8. The summed E-state index contributed by atoms with van der Waals surface area (Å²) < 4.78 is 33.0. The van der Waals surface area contributed by atoms with Crippen molar-refractivity contribution in [3.63, 3.8) is 0 Å². The molecule has 1 saturated heterocycles. The maximum Gasteiger partial charge on any atom is 0.347 e. The van der Waals surface area contributed by atoms with Gasteiger partial charge in [-0.15, -0.1) is 0 Å². The molecule has 292 valence electrons. The van der Waals surface area contributed by atoms with Crippen molar-refractivity contribution in [3.8, 4) is 5.75 Å². The molecule has 0 amide bonds. The number of carbonyl (C=O) groups is 2. The van der Waals surface area contributed by atoms with Crippen LogP contribution in [0.1, 0.15) is 104 Å². The largest absolute Gasteiger partial charge is 0.478 e. The third kappa shape index (κ3) is 9.71. The van der Waals surface area contributed by atoms with E-state index in [0.717, 1.165) is 23.3 Å². The predicted octanol–water partition coefficient (Wildman–Crippen LogP) is 9.36. The smallest absolute Gasteiger partial charge is 0.347 e. The number of rotatable bonds is 12. The zero-order chi connectivity index (χ0) is 38.9. The summed E-state index contributed by atoms with van der Waals surface area (Å²) in [7, 11) is -3.08. The SMILES string of the molecule is CCC(Oc1c(C)cc(C)cc1C)C(=O)O[C@H]1C[C@H](C(C)(C)C)C=C2C=C[C@H](C)[C@](CC[C@@H]3C[C@H](C(C)(C)C)C(O[SiH](C)C)C(=O)O3)(O[SiH](C)C)[C@H]21. The van der Waals surface area contributed by atoms with E-state index in [1.54, 1.807) is 0 Å². The molecule has 1 aliphatic heterocycles. The fourth-order valence-electron chi connectivity index (χ4n) is 8.93. The normalized spacial score (nSPS) is 30.1. The second-order valence-corrected chi connectivity index (χ2v) is 23.5. The van der Waals surface area contributed by atoms with Crippen LogP contribution in [0.25, 0.3) is 0 Å². The van der Waals surface area contributed by atoms with Gasteiger partial charge in [-0.1, -0.05) is 91.3 Å².